The molecule has 0 aromatic carbocycles. The van der Waals surface area contributed by atoms with Crippen LogP contribution < -0.4 is 5.32 Å². The summed E-state index contributed by atoms with van der Waals surface area (Å²) in [5.74, 6) is 0.116. The smallest absolute Gasteiger partial charge is 0.202 e. The highest BCUT2D eigenvalue weighted by Crippen LogP contribution is 2.24. The molecule has 2 unspecified atom stereocenters. The number of nitrogens with zero attached hydrogens (tertiary/aromatic N) is 2. The zero-order chi connectivity index (χ0) is 9.42. The Balaban J connectivity index is 2.29. The van der Waals surface area contributed by atoms with Gasteiger partial charge in [-0.1, -0.05) is 0 Å². The lowest BCUT2D eigenvalue weighted by atomic mass is 10.0. The van der Waals surface area contributed by atoms with Gasteiger partial charge in [0.25, 0.3) is 0 Å². The van der Waals surface area contributed by atoms with Crippen LogP contribution in [0.3, 0.4) is 0 Å². The normalized spacial score (nSPS) is 28.2. The number of aliphatic hydroxyl groups excluding tert-OH is 1. The van der Waals surface area contributed by atoms with Crippen molar-refractivity contribution in [1.82, 2.24) is 14.9 Å². The molecule has 2 N–H and O–H groups in total. The van der Waals surface area contributed by atoms with Crippen LogP contribution in [0.25, 0.3) is 0 Å². The Morgan fingerprint density at radius 1 is 1.69 bits per heavy atom. The van der Waals surface area contributed by atoms with Crippen LogP contribution in [0, 0.1) is 0 Å². The summed E-state index contributed by atoms with van der Waals surface area (Å²) in [5, 5.41) is 13.2. The van der Waals surface area contributed by atoms with Gasteiger partial charge in [-0.05, 0) is 11.6 Å². The van der Waals surface area contributed by atoms with E-state index in [1.165, 1.54) is 0 Å². The molecular formula is C8H12ClN3O. The minimum Gasteiger partial charge on any atom is -0.391 e. The highest BCUT2D eigenvalue weighted by atomic mass is 35.5. The first-order valence-corrected chi connectivity index (χ1v) is 4.64. The topological polar surface area (TPSA) is 50.1 Å². The summed E-state index contributed by atoms with van der Waals surface area (Å²) in [4.78, 5) is 3.98. The van der Waals surface area contributed by atoms with Crippen LogP contribution >= 0.6 is 11.6 Å². The molecule has 0 aliphatic carbocycles. The Labute approximate surface area is 81.5 Å². The van der Waals surface area contributed by atoms with Crippen LogP contribution in [0.1, 0.15) is 11.6 Å². The maximum absolute atomic E-state index is 9.63. The minimum absolute atomic E-state index is 0.116. The third-order valence-electron chi connectivity index (χ3n) is 2.53. The summed E-state index contributed by atoms with van der Waals surface area (Å²) >= 11 is 5.81. The molecule has 13 heavy (non-hydrogen) atoms. The second kappa shape index (κ2) is 3.29. The molecule has 2 rings (SSSR count). The molecule has 72 valence electrons. The third-order valence-corrected chi connectivity index (χ3v) is 2.88. The molecule has 1 aliphatic rings. The van der Waals surface area contributed by atoms with Crippen LogP contribution in [0.15, 0.2) is 6.20 Å². The Hall–Kier alpha value is -0.580. The zero-order valence-corrected chi connectivity index (χ0v) is 8.12. The number of hydrogen-bond donors (Lipinski definition) is 2. The van der Waals surface area contributed by atoms with Crippen molar-refractivity contribution < 1.29 is 5.11 Å². The number of β-amino-alcohol motifs (C(OH)–C–C–N with tert-alkyl or cyclic N) is 1. The van der Waals surface area contributed by atoms with Crippen molar-refractivity contribution in [2.45, 2.75) is 12.0 Å². The third kappa shape index (κ3) is 1.45. The summed E-state index contributed by atoms with van der Waals surface area (Å²) < 4.78 is 1.81. The molecule has 0 amide bonds. The first kappa shape index (κ1) is 8.99. The van der Waals surface area contributed by atoms with Gasteiger partial charge >= 0.3 is 0 Å². The van der Waals surface area contributed by atoms with E-state index in [0.29, 0.717) is 11.8 Å². The molecule has 2 heterocycles. The van der Waals surface area contributed by atoms with Gasteiger partial charge in [0.05, 0.1) is 12.3 Å². The average Bonchev–Trinajstić information content (AvgIpc) is 2.62. The molecule has 0 spiro atoms. The second-order valence-corrected chi connectivity index (χ2v) is 3.68. The highest BCUT2D eigenvalue weighted by Gasteiger charge is 2.29. The molecule has 1 aromatic rings. The van der Waals surface area contributed by atoms with E-state index >= 15 is 0 Å². The van der Waals surface area contributed by atoms with Crippen molar-refractivity contribution in [3.8, 4) is 0 Å². The molecule has 1 fully saturated rings. The van der Waals surface area contributed by atoms with Gasteiger partial charge in [0.2, 0.25) is 5.28 Å². The number of rotatable bonds is 1. The van der Waals surface area contributed by atoms with Crippen molar-refractivity contribution >= 4 is 11.6 Å². The molecule has 1 aromatic heterocycles. The molecule has 0 bridgehead atoms. The number of aliphatic hydroxyl groups is 1. The van der Waals surface area contributed by atoms with Crippen molar-refractivity contribution in [2.75, 3.05) is 13.1 Å². The second-order valence-electron chi connectivity index (χ2n) is 3.34. The van der Waals surface area contributed by atoms with Gasteiger partial charge in [-0.2, -0.15) is 0 Å². The van der Waals surface area contributed by atoms with Gasteiger partial charge < -0.3 is 15.0 Å². The maximum Gasteiger partial charge on any atom is 0.202 e. The van der Waals surface area contributed by atoms with E-state index in [-0.39, 0.29) is 12.0 Å². The summed E-state index contributed by atoms with van der Waals surface area (Å²) in [7, 11) is 1.86. The maximum atomic E-state index is 9.63. The first-order chi connectivity index (χ1) is 6.20. The van der Waals surface area contributed by atoms with Crippen LogP contribution in [-0.4, -0.2) is 33.9 Å². The predicted molar refractivity (Wildman–Crippen MR) is 49.8 cm³/mol. The molecule has 0 saturated carbocycles. The van der Waals surface area contributed by atoms with Gasteiger partial charge in [0, 0.05) is 31.7 Å². The van der Waals surface area contributed by atoms with E-state index in [9.17, 15) is 5.11 Å². The lowest BCUT2D eigenvalue weighted by Gasteiger charge is -2.13. The fourth-order valence-electron chi connectivity index (χ4n) is 1.71. The summed E-state index contributed by atoms with van der Waals surface area (Å²) in [5.41, 5.74) is 0.988. The Morgan fingerprint density at radius 2 is 2.46 bits per heavy atom. The van der Waals surface area contributed by atoms with Gasteiger partial charge in [-0.3, -0.25) is 0 Å². The quantitative estimate of drug-likeness (QED) is 0.679. The Kier molecular flexibility index (Phi) is 2.27. The van der Waals surface area contributed by atoms with E-state index in [1.54, 1.807) is 6.20 Å². The summed E-state index contributed by atoms with van der Waals surface area (Å²) in [6.45, 7) is 1.44. The highest BCUT2D eigenvalue weighted by molar-refractivity contribution is 6.28. The number of hydrogen-bond acceptors (Lipinski definition) is 3. The van der Waals surface area contributed by atoms with E-state index in [4.69, 9.17) is 11.6 Å². The molecule has 1 saturated heterocycles. The molecular weight excluding hydrogens is 190 g/mol. The minimum atomic E-state index is -0.327. The SMILES string of the molecule is Cn1c(C2CNCC2O)cnc1Cl. The van der Waals surface area contributed by atoms with Crippen LogP contribution in [-0.2, 0) is 7.05 Å². The first-order valence-electron chi connectivity index (χ1n) is 4.26. The molecule has 5 heteroatoms. The Bertz CT molecular complexity index is 312. The number of halogens is 1. The molecule has 4 nitrogen and oxygen atoms in total. The fraction of sp³-hybridized carbons (Fsp3) is 0.625. The van der Waals surface area contributed by atoms with E-state index in [0.717, 1.165) is 12.2 Å². The lowest BCUT2D eigenvalue weighted by molar-refractivity contribution is 0.175. The van der Waals surface area contributed by atoms with Gasteiger partial charge in [0.15, 0.2) is 0 Å². The van der Waals surface area contributed by atoms with Gasteiger partial charge in [0.1, 0.15) is 0 Å². The number of aromatic nitrogens is 2. The predicted octanol–water partition coefficient (Wildman–Crippen LogP) is 0.121. The van der Waals surface area contributed by atoms with Crippen molar-refractivity contribution in [1.29, 1.82) is 0 Å². The molecule has 1 aliphatic heterocycles. The van der Waals surface area contributed by atoms with Crippen molar-refractivity contribution in [2.24, 2.45) is 7.05 Å². The molecule has 0 radical (unpaired) electrons. The average molecular weight is 202 g/mol. The van der Waals surface area contributed by atoms with Crippen LogP contribution in [0.5, 0.6) is 0 Å². The zero-order valence-electron chi connectivity index (χ0n) is 7.37. The van der Waals surface area contributed by atoms with E-state index < -0.39 is 0 Å². The van der Waals surface area contributed by atoms with Crippen molar-refractivity contribution in [3.63, 3.8) is 0 Å². The standard InChI is InChI=1S/C8H12ClN3O/c1-12-6(3-11-8(12)9)5-2-10-4-7(5)13/h3,5,7,10,13H,2,4H2,1H3. The lowest BCUT2D eigenvalue weighted by Crippen LogP contribution is -2.18. The fourth-order valence-corrected chi connectivity index (χ4v) is 1.86. The van der Waals surface area contributed by atoms with Crippen LogP contribution in [0.2, 0.25) is 5.28 Å². The van der Waals surface area contributed by atoms with E-state index in [2.05, 4.69) is 10.3 Å². The van der Waals surface area contributed by atoms with Crippen LogP contribution in [0.4, 0.5) is 0 Å². The van der Waals surface area contributed by atoms with E-state index in [1.807, 2.05) is 11.6 Å². The number of nitrogens with one attached hydrogen (secondary N) is 1. The van der Waals surface area contributed by atoms with Gasteiger partial charge in [-0.25, -0.2) is 4.98 Å². The number of imidazole rings is 1. The van der Waals surface area contributed by atoms with Gasteiger partial charge in [-0.15, -0.1) is 0 Å². The monoisotopic (exact) mass is 201 g/mol. The largest absolute Gasteiger partial charge is 0.391 e. The molecule has 2 atom stereocenters. The van der Waals surface area contributed by atoms with Crippen molar-refractivity contribution in [3.05, 3.63) is 17.2 Å². The summed E-state index contributed by atoms with van der Waals surface area (Å²) in [6, 6.07) is 0. The Morgan fingerprint density at radius 3 is 2.92 bits per heavy atom. The summed E-state index contributed by atoms with van der Waals surface area (Å²) in [6.07, 6.45) is 1.40.